The van der Waals surface area contributed by atoms with Crippen molar-refractivity contribution in [3.05, 3.63) is 12.2 Å². The third-order valence-electron chi connectivity index (χ3n) is 6.58. The molecular formula is C30H58O. The van der Waals surface area contributed by atoms with Gasteiger partial charge in [-0.2, -0.15) is 0 Å². The van der Waals surface area contributed by atoms with Gasteiger partial charge in [0.25, 0.3) is 0 Å². The fourth-order valence-corrected chi connectivity index (χ4v) is 4.43. The average molecular weight is 435 g/mol. The van der Waals surface area contributed by atoms with E-state index in [1.54, 1.807) is 0 Å². The first-order valence-corrected chi connectivity index (χ1v) is 14.5. The molecule has 1 nitrogen and oxygen atoms in total. The summed E-state index contributed by atoms with van der Waals surface area (Å²) in [6, 6.07) is 0. The van der Waals surface area contributed by atoms with Crippen LogP contribution >= 0.6 is 0 Å². The molecule has 184 valence electrons. The fourth-order valence-electron chi connectivity index (χ4n) is 4.43. The van der Waals surface area contributed by atoms with E-state index in [1.165, 1.54) is 148 Å². The van der Waals surface area contributed by atoms with E-state index in [2.05, 4.69) is 19.1 Å². The van der Waals surface area contributed by atoms with E-state index in [9.17, 15) is 4.79 Å². The third kappa shape index (κ3) is 29.4. The summed E-state index contributed by atoms with van der Waals surface area (Å²) in [7, 11) is 0. The second kappa shape index (κ2) is 29.4. The van der Waals surface area contributed by atoms with Gasteiger partial charge >= 0.3 is 0 Å². The lowest BCUT2D eigenvalue weighted by atomic mass is 10.0. The van der Waals surface area contributed by atoms with Gasteiger partial charge in [-0.3, -0.25) is 0 Å². The Morgan fingerprint density at radius 3 is 0.968 bits per heavy atom. The zero-order valence-corrected chi connectivity index (χ0v) is 21.5. The van der Waals surface area contributed by atoms with Crippen molar-refractivity contribution in [1.82, 2.24) is 0 Å². The predicted molar refractivity (Wildman–Crippen MR) is 141 cm³/mol. The first kappa shape index (κ1) is 30.4. The summed E-state index contributed by atoms with van der Waals surface area (Å²) >= 11 is 0. The molecule has 0 aliphatic heterocycles. The molecule has 1 heteroatoms. The molecule has 0 amide bonds. The van der Waals surface area contributed by atoms with Crippen LogP contribution in [0, 0.1) is 0 Å². The lowest BCUT2D eigenvalue weighted by Crippen LogP contribution is -1.84. The van der Waals surface area contributed by atoms with Crippen molar-refractivity contribution in [2.75, 3.05) is 0 Å². The summed E-state index contributed by atoms with van der Waals surface area (Å²) in [4.78, 5) is 10.2. The quantitative estimate of drug-likeness (QED) is 0.0713. The van der Waals surface area contributed by atoms with Crippen LogP contribution in [-0.2, 0) is 4.79 Å². The van der Waals surface area contributed by atoms with Gasteiger partial charge in [-0.25, -0.2) is 0 Å². The third-order valence-corrected chi connectivity index (χ3v) is 6.58. The number of hydrogen-bond donors (Lipinski definition) is 0. The lowest BCUT2D eigenvalue weighted by Gasteiger charge is -2.04. The van der Waals surface area contributed by atoms with Crippen LogP contribution in [-0.4, -0.2) is 6.29 Å². The molecule has 0 rings (SSSR count). The molecule has 0 fully saturated rings. The minimum Gasteiger partial charge on any atom is -0.303 e. The molecule has 31 heavy (non-hydrogen) atoms. The summed E-state index contributed by atoms with van der Waals surface area (Å²) in [6.07, 6.45) is 41.5. The number of unbranched alkanes of at least 4 members (excludes halogenated alkanes) is 24. The minimum atomic E-state index is 0.712. The molecule has 0 radical (unpaired) electrons. The predicted octanol–water partition coefficient (Wildman–Crippen LogP) is 10.9. The summed E-state index contributed by atoms with van der Waals surface area (Å²) in [5.74, 6) is 0. The van der Waals surface area contributed by atoms with Gasteiger partial charge in [-0.05, 0) is 25.7 Å². The number of hydrogen-bond acceptors (Lipinski definition) is 1. The molecule has 0 saturated heterocycles. The molecule has 0 spiro atoms. The van der Waals surface area contributed by atoms with E-state index in [0.29, 0.717) is 6.42 Å². The Morgan fingerprint density at radius 1 is 0.355 bits per heavy atom. The first-order chi connectivity index (χ1) is 15.4. The largest absolute Gasteiger partial charge is 0.303 e. The van der Waals surface area contributed by atoms with Crippen molar-refractivity contribution < 1.29 is 4.79 Å². The normalized spacial score (nSPS) is 11.5. The van der Waals surface area contributed by atoms with Crippen molar-refractivity contribution in [2.24, 2.45) is 0 Å². The molecule has 0 aromatic rings. The van der Waals surface area contributed by atoms with E-state index in [1.807, 2.05) is 0 Å². The number of carbonyl (C=O) groups is 1. The minimum absolute atomic E-state index is 0.712. The Morgan fingerprint density at radius 2 is 0.645 bits per heavy atom. The summed E-state index contributed by atoms with van der Waals surface area (Å²) in [5.41, 5.74) is 0. The highest BCUT2D eigenvalue weighted by Crippen LogP contribution is 2.15. The van der Waals surface area contributed by atoms with Gasteiger partial charge in [-0.1, -0.05) is 154 Å². The van der Waals surface area contributed by atoms with Gasteiger partial charge in [0, 0.05) is 6.42 Å². The Kier molecular flexibility index (Phi) is 28.9. The number of rotatable bonds is 27. The highest BCUT2D eigenvalue weighted by atomic mass is 16.1. The Bertz CT molecular complexity index is 346. The van der Waals surface area contributed by atoms with E-state index in [4.69, 9.17) is 0 Å². The summed E-state index contributed by atoms with van der Waals surface area (Å²) in [6.45, 7) is 2.30. The molecule has 0 saturated carbocycles. The van der Waals surface area contributed by atoms with Gasteiger partial charge in [0.15, 0.2) is 0 Å². The van der Waals surface area contributed by atoms with Gasteiger partial charge in [-0.15, -0.1) is 0 Å². The Hall–Kier alpha value is -0.590. The molecule has 0 aliphatic carbocycles. The molecule has 0 bridgehead atoms. The fraction of sp³-hybridized carbons (Fsp3) is 0.900. The first-order valence-electron chi connectivity index (χ1n) is 14.5. The standard InChI is InChI=1S/C30H58O/c1-2-3-4-5-6-7-8-9-10-11-12-13-14-15-16-17-18-19-20-21-22-23-24-25-26-27-28-29-30-31/h25-26,30H,2-24,27-29H2,1H3/b26-25+. The maximum absolute atomic E-state index is 10.2. The lowest BCUT2D eigenvalue weighted by molar-refractivity contribution is -0.107. The van der Waals surface area contributed by atoms with Crippen LogP contribution in [0.1, 0.15) is 174 Å². The maximum atomic E-state index is 10.2. The van der Waals surface area contributed by atoms with Gasteiger partial charge in [0.05, 0.1) is 0 Å². The van der Waals surface area contributed by atoms with Crippen molar-refractivity contribution in [2.45, 2.75) is 174 Å². The van der Waals surface area contributed by atoms with E-state index in [-0.39, 0.29) is 0 Å². The van der Waals surface area contributed by atoms with Crippen LogP contribution in [0.15, 0.2) is 12.2 Å². The smallest absolute Gasteiger partial charge is 0.120 e. The highest BCUT2D eigenvalue weighted by molar-refractivity contribution is 5.48. The van der Waals surface area contributed by atoms with Gasteiger partial charge in [0.1, 0.15) is 6.29 Å². The van der Waals surface area contributed by atoms with Gasteiger partial charge in [0.2, 0.25) is 0 Å². The van der Waals surface area contributed by atoms with Crippen LogP contribution in [0.25, 0.3) is 0 Å². The summed E-state index contributed by atoms with van der Waals surface area (Å²) < 4.78 is 0. The molecule has 0 unspecified atom stereocenters. The van der Waals surface area contributed by atoms with Crippen molar-refractivity contribution in [3.8, 4) is 0 Å². The van der Waals surface area contributed by atoms with Crippen LogP contribution in [0.3, 0.4) is 0 Å². The molecule has 0 aromatic carbocycles. The zero-order chi connectivity index (χ0) is 22.5. The van der Waals surface area contributed by atoms with Gasteiger partial charge < -0.3 is 4.79 Å². The molecular weight excluding hydrogens is 376 g/mol. The zero-order valence-electron chi connectivity index (χ0n) is 21.5. The topological polar surface area (TPSA) is 17.1 Å². The van der Waals surface area contributed by atoms with Crippen molar-refractivity contribution in [1.29, 1.82) is 0 Å². The summed E-state index contributed by atoms with van der Waals surface area (Å²) in [5, 5.41) is 0. The van der Waals surface area contributed by atoms with E-state index >= 15 is 0 Å². The molecule has 0 aromatic heterocycles. The Balaban J connectivity index is 3.03. The van der Waals surface area contributed by atoms with Crippen LogP contribution in [0.5, 0.6) is 0 Å². The SMILES string of the molecule is CCCCCCCCCCCCCCCCCCCCCCCC/C=C/CCCC=O. The Labute approximate surface area is 197 Å². The monoisotopic (exact) mass is 434 g/mol. The number of aldehydes is 1. The molecule has 0 atom stereocenters. The van der Waals surface area contributed by atoms with Crippen LogP contribution < -0.4 is 0 Å². The highest BCUT2D eigenvalue weighted by Gasteiger charge is 1.95. The van der Waals surface area contributed by atoms with Crippen molar-refractivity contribution >= 4 is 6.29 Å². The molecule has 0 heterocycles. The average Bonchev–Trinajstić information content (AvgIpc) is 2.78. The maximum Gasteiger partial charge on any atom is 0.120 e. The van der Waals surface area contributed by atoms with E-state index < -0.39 is 0 Å². The van der Waals surface area contributed by atoms with E-state index in [0.717, 1.165) is 19.1 Å². The molecule has 0 N–H and O–H groups in total. The van der Waals surface area contributed by atoms with Crippen LogP contribution in [0.2, 0.25) is 0 Å². The number of allylic oxidation sites excluding steroid dienone is 2. The molecule has 0 aliphatic rings. The van der Waals surface area contributed by atoms with Crippen LogP contribution in [0.4, 0.5) is 0 Å². The number of carbonyl (C=O) groups excluding carboxylic acids is 1. The second-order valence-electron chi connectivity index (χ2n) is 9.78. The second-order valence-corrected chi connectivity index (χ2v) is 9.78. The van der Waals surface area contributed by atoms with Crippen molar-refractivity contribution in [3.63, 3.8) is 0 Å².